The molecule has 1 heterocycles. The van der Waals surface area contributed by atoms with Gasteiger partial charge in [-0.05, 0) is 43.5 Å². The van der Waals surface area contributed by atoms with Crippen molar-refractivity contribution in [2.75, 3.05) is 32.8 Å². The van der Waals surface area contributed by atoms with E-state index < -0.39 is 0 Å². The Kier molecular flexibility index (Phi) is 8.56. The SMILES string of the molecule is CC(C)CC(CNC(=O)C(C)Sc1ccc(Cl)cc1)N1CCOCC1. The Morgan fingerprint density at radius 1 is 1.24 bits per heavy atom. The zero-order valence-electron chi connectivity index (χ0n) is 15.3. The summed E-state index contributed by atoms with van der Waals surface area (Å²) in [6.07, 6.45) is 1.08. The summed E-state index contributed by atoms with van der Waals surface area (Å²) in [6.45, 7) is 10.6. The van der Waals surface area contributed by atoms with Crippen LogP contribution in [-0.2, 0) is 9.53 Å². The molecule has 2 atom stereocenters. The van der Waals surface area contributed by atoms with Crippen molar-refractivity contribution in [3.05, 3.63) is 29.3 Å². The van der Waals surface area contributed by atoms with Crippen molar-refractivity contribution in [3.63, 3.8) is 0 Å². The monoisotopic (exact) mass is 384 g/mol. The van der Waals surface area contributed by atoms with Gasteiger partial charge >= 0.3 is 0 Å². The van der Waals surface area contributed by atoms with Crippen LogP contribution in [0, 0.1) is 5.92 Å². The second-order valence-electron chi connectivity index (χ2n) is 6.89. The first-order valence-corrected chi connectivity index (χ1v) is 10.2. The molecule has 1 aliphatic heterocycles. The standard InChI is InChI=1S/C19H29ClN2O2S/c1-14(2)12-17(22-8-10-24-11-9-22)13-21-19(23)15(3)25-18-6-4-16(20)5-7-18/h4-7,14-15,17H,8-13H2,1-3H3,(H,21,23). The van der Waals surface area contributed by atoms with Crippen LogP contribution >= 0.6 is 23.4 Å². The number of carbonyl (C=O) groups excluding carboxylic acids is 1. The molecule has 0 aromatic heterocycles. The first kappa shape index (κ1) is 20.6. The molecule has 1 aliphatic rings. The Morgan fingerprint density at radius 3 is 2.48 bits per heavy atom. The number of nitrogens with one attached hydrogen (secondary N) is 1. The molecule has 0 saturated carbocycles. The van der Waals surface area contributed by atoms with E-state index in [9.17, 15) is 4.79 Å². The molecule has 1 N–H and O–H groups in total. The van der Waals surface area contributed by atoms with Crippen molar-refractivity contribution in [3.8, 4) is 0 Å². The molecule has 0 aliphatic carbocycles. The van der Waals surface area contributed by atoms with Crippen LogP contribution in [-0.4, -0.2) is 54.9 Å². The van der Waals surface area contributed by atoms with Crippen LogP contribution < -0.4 is 5.32 Å². The van der Waals surface area contributed by atoms with Gasteiger partial charge in [-0.3, -0.25) is 9.69 Å². The van der Waals surface area contributed by atoms with Crippen LogP contribution in [0.5, 0.6) is 0 Å². The molecule has 0 bridgehead atoms. The Bertz CT molecular complexity index is 533. The Hall–Kier alpha value is -0.750. The smallest absolute Gasteiger partial charge is 0.233 e. The normalized spacial score (nSPS) is 18.1. The molecule has 2 rings (SSSR count). The molecule has 1 aromatic rings. The minimum atomic E-state index is -0.134. The van der Waals surface area contributed by atoms with Crippen LogP contribution in [0.3, 0.4) is 0 Å². The lowest BCUT2D eigenvalue weighted by atomic mass is 10.0. The zero-order valence-corrected chi connectivity index (χ0v) is 16.9. The van der Waals surface area contributed by atoms with Gasteiger partial charge in [-0.15, -0.1) is 11.8 Å². The summed E-state index contributed by atoms with van der Waals surface area (Å²) >= 11 is 7.47. The van der Waals surface area contributed by atoms with Crippen molar-refractivity contribution in [2.24, 2.45) is 5.92 Å². The number of rotatable bonds is 8. The van der Waals surface area contributed by atoms with E-state index in [1.54, 1.807) is 11.8 Å². The van der Waals surface area contributed by atoms with Crippen LogP contribution in [0.25, 0.3) is 0 Å². The lowest BCUT2D eigenvalue weighted by molar-refractivity contribution is -0.120. The van der Waals surface area contributed by atoms with E-state index in [2.05, 4.69) is 24.1 Å². The highest BCUT2D eigenvalue weighted by Crippen LogP contribution is 2.24. The summed E-state index contributed by atoms with van der Waals surface area (Å²) in [5.74, 6) is 0.688. The lowest BCUT2D eigenvalue weighted by Gasteiger charge is -2.35. The Morgan fingerprint density at radius 2 is 1.88 bits per heavy atom. The van der Waals surface area contributed by atoms with Gasteiger partial charge < -0.3 is 10.1 Å². The fraction of sp³-hybridized carbons (Fsp3) is 0.632. The summed E-state index contributed by atoms with van der Waals surface area (Å²) in [4.78, 5) is 16.0. The van der Waals surface area contributed by atoms with Gasteiger partial charge in [0, 0.05) is 35.6 Å². The number of carbonyl (C=O) groups is 1. The third-order valence-corrected chi connectivity index (χ3v) is 5.68. The third-order valence-electron chi connectivity index (χ3n) is 4.31. The molecule has 2 unspecified atom stereocenters. The molecule has 0 radical (unpaired) electrons. The van der Waals surface area contributed by atoms with E-state index in [4.69, 9.17) is 16.3 Å². The highest BCUT2D eigenvalue weighted by atomic mass is 35.5. The van der Waals surface area contributed by atoms with Gasteiger partial charge in [-0.25, -0.2) is 0 Å². The number of halogens is 1. The van der Waals surface area contributed by atoms with Gasteiger partial charge in [0.1, 0.15) is 0 Å². The molecule has 140 valence electrons. The quantitative estimate of drug-likeness (QED) is 0.694. The maximum atomic E-state index is 12.5. The number of hydrogen-bond acceptors (Lipinski definition) is 4. The number of thioether (sulfide) groups is 1. The molecule has 25 heavy (non-hydrogen) atoms. The molecule has 1 amide bonds. The zero-order chi connectivity index (χ0) is 18.2. The van der Waals surface area contributed by atoms with Gasteiger partial charge in [0.15, 0.2) is 0 Å². The summed E-state index contributed by atoms with van der Waals surface area (Å²) in [5, 5.41) is 3.73. The van der Waals surface area contributed by atoms with E-state index in [0.717, 1.165) is 37.6 Å². The fourth-order valence-electron chi connectivity index (χ4n) is 2.98. The maximum Gasteiger partial charge on any atom is 0.233 e. The van der Waals surface area contributed by atoms with Crippen LogP contribution in [0.15, 0.2) is 29.2 Å². The predicted molar refractivity (Wildman–Crippen MR) is 105 cm³/mol. The highest BCUT2D eigenvalue weighted by molar-refractivity contribution is 8.00. The number of nitrogens with zero attached hydrogens (tertiary/aromatic N) is 1. The summed E-state index contributed by atoms with van der Waals surface area (Å²) < 4.78 is 5.45. The largest absolute Gasteiger partial charge is 0.379 e. The molecule has 1 aromatic carbocycles. The third kappa shape index (κ3) is 7.18. The van der Waals surface area contributed by atoms with Gasteiger partial charge in [-0.2, -0.15) is 0 Å². The molecular formula is C19H29ClN2O2S. The Balaban J connectivity index is 1.84. The van der Waals surface area contributed by atoms with Gasteiger partial charge in [0.25, 0.3) is 0 Å². The van der Waals surface area contributed by atoms with Crippen molar-refractivity contribution in [1.82, 2.24) is 10.2 Å². The molecule has 4 nitrogen and oxygen atoms in total. The second-order valence-corrected chi connectivity index (χ2v) is 8.74. The predicted octanol–water partition coefficient (Wildman–Crippen LogP) is 3.68. The van der Waals surface area contributed by atoms with E-state index in [1.807, 2.05) is 31.2 Å². The number of ether oxygens (including phenoxy) is 1. The lowest BCUT2D eigenvalue weighted by Crippen LogP contribution is -2.50. The van der Waals surface area contributed by atoms with E-state index in [1.165, 1.54) is 0 Å². The van der Waals surface area contributed by atoms with E-state index in [-0.39, 0.29) is 11.2 Å². The van der Waals surface area contributed by atoms with Crippen LogP contribution in [0.1, 0.15) is 27.2 Å². The fourth-order valence-corrected chi connectivity index (χ4v) is 4.00. The summed E-state index contributed by atoms with van der Waals surface area (Å²) in [7, 11) is 0. The molecule has 0 spiro atoms. The second kappa shape index (κ2) is 10.4. The Labute approximate surface area is 160 Å². The van der Waals surface area contributed by atoms with E-state index in [0.29, 0.717) is 23.5 Å². The topological polar surface area (TPSA) is 41.6 Å². The number of morpholine rings is 1. The number of amides is 1. The van der Waals surface area contributed by atoms with Gasteiger partial charge in [0.2, 0.25) is 5.91 Å². The molecule has 1 fully saturated rings. The van der Waals surface area contributed by atoms with Crippen LogP contribution in [0.4, 0.5) is 0 Å². The van der Waals surface area contributed by atoms with Crippen molar-refractivity contribution < 1.29 is 9.53 Å². The van der Waals surface area contributed by atoms with Gasteiger partial charge in [-0.1, -0.05) is 25.4 Å². The van der Waals surface area contributed by atoms with Crippen molar-refractivity contribution in [2.45, 2.75) is 43.4 Å². The summed E-state index contributed by atoms with van der Waals surface area (Å²) in [5.41, 5.74) is 0. The minimum absolute atomic E-state index is 0.0852. The molecule has 6 heteroatoms. The maximum absolute atomic E-state index is 12.5. The minimum Gasteiger partial charge on any atom is -0.379 e. The van der Waals surface area contributed by atoms with Crippen molar-refractivity contribution >= 4 is 29.3 Å². The van der Waals surface area contributed by atoms with Crippen molar-refractivity contribution in [1.29, 1.82) is 0 Å². The first-order chi connectivity index (χ1) is 12.0. The highest BCUT2D eigenvalue weighted by Gasteiger charge is 2.23. The van der Waals surface area contributed by atoms with Gasteiger partial charge in [0.05, 0.1) is 18.5 Å². The van der Waals surface area contributed by atoms with Crippen LogP contribution in [0.2, 0.25) is 5.02 Å². The summed E-state index contributed by atoms with van der Waals surface area (Å²) in [6, 6.07) is 7.98. The number of hydrogen-bond donors (Lipinski definition) is 1. The first-order valence-electron chi connectivity index (χ1n) is 8.97. The average Bonchev–Trinajstić information content (AvgIpc) is 2.60. The number of benzene rings is 1. The molecule has 1 saturated heterocycles. The van der Waals surface area contributed by atoms with E-state index >= 15 is 0 Å². The molecular weight excluding hydrogens is 356 g/mol. The average molecular weight is 385 g/mol.